The Kier molecular flexibility index (Phi) is 3.89. The molecule has 2 heterocycles. The highest BCUT2D eigenvalue weighted by molar-refractivity contribution is 7.71. The van der Waals surface area contributed by atoms with E-state index in [1.165, 1.54) is 4.68 Å². The monoisotopic (exact) mass is 315 g/mol. The maximum absolute atomic E-state index is 6.20. The number of pyridine rings is 1. The standard InChI is InChI=1S/C14H10ClN5S/c15-12-4-2-1-3-11(12)13-18-19-14(21)20(13)17-9-10-5-7-16-8-6-10/h1-9H,(H,19,21)/b17-9+. The van der Waals surface area contributed by atoms with Crippen LogP contribution in [-0.2, 0) is 0 Å². The molecule has 0 radical (unpaired) electrons. The van der Waals surface area contributed by atoms with Crippen LogP contribution >= 0.6 is 23.8 Å². The van der Waals surface area contributed by atoms with Gasteiger partial charge in [0, 0.05) is 18.0 Å². The number of nitrogens with one attached hydrogen (secondary N) is 1. The van der Waals surface area contributed by atoms with Gasteiger partial charge in [-0.1, -0.05) is 23.7 Å². The molecule has 104 valence electrons. The largest absolute Gasteiger partial charge is 0.265 e. The van der Waals surface area contributed by atoms with Gasteiger partial charge >= 0.3 is 0 Å². The summed E-state index contributed by atoms with van der Waals surface area (Å²) in [5, 5.41) is 11.9. The molecule has 0 fully saturated rings. The molecule has 1 N–H and O–H groups in total. The Morgan fingerprint density at radius 2 is 1.95 bits per heavy atom. The molecule has 0 saturated carbocycles. The Bertz CT molecular complexity index is 838. The van der Waals surface area contributed by atoms with Crippen LogP contribution in [0.3, 0.4) is 0 Å². The van der Waals surface area contributed by atoms with Crippen molar-refractivity contribution in [3.05, 3.63) is 64.1 Å². The molecule has 0 saturated heterocycles. The fourth-order valence-corrected chi connectivity index (χ4v) is 2.19. The van der Waals surface area contributed by atoms with Crippen LogP contribution in [0.4, 0.5) is 0 Å². The van der Waals surface area contributed by atoms with Crippen LogP contribution in [0.2, 0.25) is 5.02 Å². The lowest BCUT2D eigenvalue weighted by molar-refractivity contribution is 0.871. The zero-order valence-corrected chi connectivity index (χ0v) is 12.3. The fourth-order valence-electron chi connectivity index (χ4n) is 1.79. The molecule has 5 nitrogen and oxygen atoms in total. The van der Waals surface area contributed by atoms with Gasteiger partial charge in [0.25, 0.3) is 0 Å². The fraction of sp³-hybridized carbons (Fsp3) is 0. The van der Waals surface area contributed by atoms with Crippen molar-refractivity contribution in [2.45, 2.75) is 0 Å². The summed E-state index contributed by atoms with van der Waals surface area (Å²) in [6.45, 7) is 0. The van der Waals surface area contributed by atoms with Crippen molar-refractivity contribution in [2.75, 3.05) is 0 Å². The highest BCUT2D eigenvalue weighted by Gasteiger charge is 2.10. The molecule has 1 aromatic carbocycles. The summed E-state index contributed by atoms with van der Waals surface area (Å²) in [5.41, 5.74) is 1.68. The highest BCUT2D eigenvalue weighted by atomic mass is 35.5. The van der Waals surface area contributed by atoms with Crippen LogP contribution in [0.5, 0.6) is 0 Å². The van der Waals surface area contributed by atoms with E-state index >= 15 is 0 Å². The Hall–Kier alpha value is -2.31. The summed E-state index contributed by atoms with van der Waals surface area (Å²) in [5.74, 6) is 0.566. The summed E-state index contributed by atoms with van der Waals surface area (Å²) >= 11 is 11.4. The van der Waals surface area contributed by atoms with Crippen LogP contribution in [0.25, 0.3) is 11.4 Å². The molecule has 0 atom stereocenters. The normalized spacial score (nSPS) is 11.1. The number of hydrogen-bond donors (Lipinski definition) is 1. The SMILES string of the molecule is S=c1[nH]nc(-c2ccccc2Cl)n1/N=C/c1ccncc1. The average Bonchev–Trinajstić information content (AvgIpc) is 2.88. The number of rotatable bonds is 3. The van der Waals surface area contributed by atoms with Gasteiger partial charge in [-0.25, -0.2) is 5.10 Å². The molecule has 3 aromatic rings. The van der Waals surface area contributed by atoms with E-state index in [1.54, 1.807) is 24.7 Å². The molecule has 7 heteroatoms. The first kappa shape index (κ1) is 13.7. The van der Waals surface area contributed by atoms with Crippen LogP contribution in [0, 0.1) is 4.77 Å². The second kappa shape index (κ2) is 5.99. The predicted molar refractivity (Wildman–Crippen MR) is 85.1 cm³/mol. The number of H-pyrrole nitrogens is 1. The van der Waals surface area contributed by atoms with Gasteiger partial charge < -0.3 is 0 Å². The molecule has 0 amide bonds. The summed E-state index contributed by atoms with van der Waals surface area (Å²) in [7, 11) is 0. The number of aromatic amines is 1. The molecule has 3 rings (SSSR count). The highest BCUT2D eigenvalue weighted by Crippen LogP contribution is 2.25. The Balaban J connectivity index is 2.05. The molecule has 0 aliphatic carbocycles. The average molecular weight is 316 g/mol. The van der Waals surface area contributed by atoms with Crippen LogP contribution in [0.15, 0.2) is 53.9 Å². The second-order valence-corrected chi connectivity index (χ2v) is 4.96. The van der Waals surface area contributed by atoms with Gasteiger partial charge in [0.05, 0.1) is 11.2 Å². The first-order valence-corrected chi connectivity index (χ1v) is 6.91. The third-order valence-corrected chi connectivity index (χ3v) is 3.39. The van der Waals surface area contributed by atoms with E-state index in [-0.39, 0.29) is 0 Å². The van der Waals surface area contributed by atoms with E-state index in [2.05, 4.69) is 20.3 Å². The number of hydrogen-bond acceptors (Lipinski definition) is 4. The lowest BCUT2D eigenvalue weighted by Crippen LogP contribution is -1.95. The Labute approximate surface area is 130 Å². The van der Waals surface area contributed by atoms with E-state index in [9.17, 15) is 0 Å². The van der Waals surface area contributed by atoms with Crippen molar-refractivity contribution < 1.29 is 0 Å². The van der Waals surface area contributed by atoms with E-state index in [1.807, 2.05) is 30.3 Å². The van der Waals surface area contributed by atoms with Crippen LogP contribution in [-0.4, -0.2) is 26.1 Å². The van der Waals surface area contributed by atoms with Gasteiger partial charge in [-0.2, -0.15) is 14.9 Å². The van der Waals surface area contributed by atoms with Crippen molar-refractivity contribution in [2.24, 2.45) is 5.10 Å². The van der Waals surface area contributed by atoms with E-state index in [4.69, 9.17) is 23.8 Å². The molecule has 0 aliphatic rings. The first-order valence-electron chi connectivity index (χ1n) is 6.12. The van der Waals surface area contributed by atoms with Crippen molar-refractivity contribution in [3.8, 4) is 11.4 Å². The van der Waals surface area contributed by atoms with Crippen molar-refractivity contribution in [1.29, 1.82) is 0 Å². The maximum atomic E-state index is 6.20. The van der Waals surface area contributed by atoms with Crippen molar-refractivity contribution in [3.63, 3.8) is 0 Å². The lowest BCUT2D eigenvalue weighted by atomic mass is 10.2. The summed E-state index contributed by atoms with van der Waals surface area (Å²) in [6.07, 6.45) is 5.09. The summed E-state index contributed by atoms with van der Waals surface area (Å²) in [6, 6.07) is 11.1. The third kappa shape index (κ3) is 2.91. The van der Waals surface area contributed by atoms with Gasteiger partial charge in [-0.15, -0.1) is 0 Å². The van der Waals surface area contributed by atoms with Gasteiger partial charge in [0.15, 0.2) is 5.82 Å². The molecule has 0 spiro atoms. The van der Waals surface area contributed by atoms with E-state index in [0.29, 0.717) is 15.6 Å². The van der Waals surface area contributed by atoms with Crippen LogP contribution in [0.1, 0.15) is 5.56 Å². The molecule has 2 aromatic heterocycles. The Morgan fingerprint density at radius 1 is 1.19 bits per heavy atom. The predicted octanol–water partition coefficient (Wildman–Crippen LogP) is 3.54. The first-order chi connectivity index (χ1) is 10.3. The van der Waals surface area contributed by atoms with Crippen LogP contribution < -0.4 is 0 Å². The quantitative estimate of drug-likeness (QED) is 0.594. The summed E-state index contributed by atoms with van der Waals surface area (Å²) in [4.78, 5) is 3.96. The molecule has 0 aliphatic heterocycles. The van der Waals surface area contributed by atoms with Gasteiger partial charge in [-0.3, -0.25) is 4.98 Å². The minimum atomic E-state index is 0.398. The molecular weight excluding hydrogens is 306 g/mol. The van der Waals surface area contributed by atoms with E-state index < -0.39 is 0 Å². The van der Waals surface area contributed by atoms with Gasteiger partial charge in [0.1, 0.15) is 0 Å². The zero-order valence-electron chi connectivity index (χ0n) is 10.8. The van der Waals surface area contributed by atoms with Gasteiger partial charge in [0.2, 0.25) is 4.77 Å². The van der Waals surface area contributed by atoms with Crippen molar-refractivity contribution >= 4 is 30.0 Å². The minimum absolute atomic E-state index is 0.398. The third-order valence-electron chi connectivity index (χ3n) is 2.79. The Morgan fingerprint density at radius 3 is 2.71 bits per heavy atom. The lowest BCUT2D eigenvalue weighted by Gasteiger charge is -2.02. The molecular formula is C14H10ClN5S. The number of nitrogens with zero attached hydrogens (tertiary/aromatic N) is 4. The second-order valence-electron chi connectivity index (χ2n) is 4.17. The maximum Gasteiger partial charge on any atom is 0.216 e. The number of benzene rings is 1. The molecule has 0 bridgehead atoms. The summed E-state index contributed by atoms with van der Waals surface area (Å²) < 4.78 is 1.94. The van der Waals surface area contributed by atoms with Crippen molar-refractivity contribution in [1.82, 2.24) is 19.9 Å². The smallest absolute Gasteiger partial charge is 0.216 e. The topological polar surface area (TPSA) is 58.9 Å². The molecule has 21 heavy (non-hydrogen) atoms. The number of aromatic nitrogens is 4. The minimum Gasteiger partial charge on any atom is -0.265 e. The molecule has 0 unspecified atom stereocenters. The number of halogens is 1. The zero-order chi connectivity index (χ0) is 14.7. The van der Waals surface area contributed by atoms with E-state index in [0.717, 1.165) is 11.1 Å². The van der Waals surface area contributed by atoms with Gasteiger partial charge in [-0.05, 0) is 42.0 Å².